The van der Waals surface area contributed by atoms with Crippen LogP contribution in [0, 0.1) is 10.5 Å². The number of amides is 1. The zero-order chi connectivity index (χ0) is 17.4. The number of ether oxygens (including phenoxy) is 1. The number of fused-ring (bicyclic) bond motifs is 1. The molecule has 0 bridgehead atoms. The van der Waals surface area contributed by atoms with Crippen molar-refractivity contribution < 1.29 is 14.1 Å². The lowest BCUT2D eigenvalue weighted by atomic mass is 10.1. The molecule has 0 unspecified atom stereocenters. The first-order valence-electron chi connectivity index (χ1n) is 7.71. The van der Waals surface area contributed by atoms with Gasteiger partial charge in [0.25, 0.3) is 11.8 Å². The number of nitrogens with zero attached hydrogens (tertiary/aromatic N) is 2. The maximum atomic E-state index is 12.7. The third-order valence-corrected chi connectivity index (χ3v) is 5.67. The number of benzene rings is 1. The Kier molecular flexibility index (Phi) is 4.57. The van der Waals surface area contributed by atoms with Crippen LogP contribution in [0.25, 0.3) is 11.5 Å². The summed E-state index contributed by atoms with van der Waals surface area (Å²) in [4.78, 5) is 18.1. The molecular weight excluding hydrogens is 453 g/mol. The lowest BCUT2D eigenvalue weighted by Crippen LogP contribution is -2.12. The van der Waals surface area contributed by atoms with Gasteiger partial charge in [0.2, 0.25) is 0 Å². The molecule has 0 fully saturated rings. The second kappa shape index (κ2) is 6.85. The number of nitrogens with one attached hydrogen (secondary N) is 1. The van der Waals surface area contributed by atoms with Crippen LogP contribution >= 0.6 is 33.9 Å². The largest absolute Gasteiger partial charge is 0.376 e. The van der Waals surface area contributed by atoms with Crippen LogP contribution in [0.3, 0.4) is 0 Å². The smallest absolute Gasteiger partial charge is 0.261 e. The first-order chi connectivity index (χ1) is 12.1. The Hall–Kier alpha value is -1.78. The molecule has 128 valence electrons. The fraction of sp³-hybridized carbons (Fsp3) is 0.235. The van der Waals surface area contributed by atoms with Crippen molar-refractivity contribution >= 4 is 44.8 Å². The van der Waals surface area contributed by atoms with Crippen LogP contribution in [-0.4, -0.2) is 22.7 Å². The molecule has 4 rings (SSSR count). The van der Waals surface area contributed by atoms with Crippen LogP contribution in [0.15, 0.2) is 28.8 Å². The van der Waals surface area contributed by atoms with Crippen LogP contribution in [-0.2, 0) is 17.8 Å². The van der Waals surface area contributed by atoms with Crippen molar-refractivity contribution in [3.63, 3.8) is 0 Å². The molecule has 3 heterocycles. The van der Waals surface area contributed by atoms with Gasteiger partial charge < -0.3 is 14.6 Å². The van der Waals surface area contributed by atoms with Gasteiger partial charge in [-0.05, 0) is 59.7 Å². The molecule has 0 atom stereocenters. The minimum atomic E-state index is -0.157. The Morgan fingerprint density at radius 1 is 1.40 bits per heavy atom. The zero-order valence-electron chi connectivity index (χ0n) is 13.3. The number of aromatic nitrogens is 2. The maximum Gasteiger partial charge on any atom is 0.261 e. The number of hydrogen-bond acceptors (Lipinski definition) is 6. The van der Waals surface area contributed by atoms with E-state index in [2.05, 4.69) is 38.0 Å². The van der Waals surface area contributed by atoms with E-state index in [0.29, 0.717) is 30.5 Å². The van der Waals surface area contributed by atoms with Crippen LogP contribution in [0.2, 0.25) is 0 Å². The summed E-state index contributed by atoms with van der Waals surface area (Å²) in [6, 6.07) is 7.46. The number of anilines is 1. The summed E-state index contributed by atoms with van der Waals surface area (Å²) in [5.74, 6) is 0.849. The molecule has 1 aliphatic rings. The Bertz CT molecular complexity index is 951. The van der Waals surface area contributed by atoms with Crippen molar-refractivity contribution in [3.8, 4) is 11.5 Å². The van der Waals surface area contributed by atoms with E-state index in [4.69, 9.17) is 9.26 Å². The number of carbonyl (C=O) groups excluding carboxylic acids is 1. The number of hydrogen-bond donors (Lipinski definition) is 1. The van der Waals surface area contributed by atoms with Gasteiger partial charge in [-0.1, -0.05) is 11.2 Å². The van der Waals surface area contributed by atoms with Gasteiger partial charge in [0.1, 0.15) is 5.00 Å². The first-order valence-corrected chi connectivity index (χ1v) is 9.61. The van der Waals surface area contributed by atoms with Crippen molar-refractivity contribution in [2.75, 3.05) is 11.9 Å². The normalized spacial score (nSPS) is 13.5. The van der Waals surface area contributed by atoms with Gasteiger partial charge in [-0.2, -0.15) is 4.98 Å². The molecule has 2 aromatic heterocycles. The summed E-state index contributed by atoms with van der Waals surface area (Å²) >= 11 is 3.70. The van der Waals surface area contributed by atoms with Gasteiger partial charge in [-0.3, -0.25) is 4.79 Å². The van der Waals surface area contributed by atoms with Gasteiger partial charge in [0.05, 0.1) is 18.8 Å². The van der Waals surface area contributed by atoms with Crippen molar-refractivity contribution in [2.24, 2.45) is 0 Å². The minimum absolute atomic E-state index is 0.157. The van der Waals surface area contributed by atoms with E-state index in [1.54, 1.807) is 13.0 Å². The molecule has 3 aromatic rings. The van der Waals surface area contributed by atoms with E-state index in [9.17, 15) is 4.79 Å². The number of rotatable bonds is 3. The maximum absolute atomic E-state index is 12.7. The van der Waals surface area contributed by atoms with Gasteiger partial charge in [0.15, 0.2) is 5.82 Å². The summed E-state index contributed by atoms with van der Waals surface area (Å²) in [7, 11) is 0. The summed E-state index contributed by atoms with van der Waals surface area (Å²) in [6.07, 6.45) is 0.766. The molecule has 6 nitrogen and oxygen atoms in total. The molecule has 1 N–H and O–H groups in total. The highest BCUT2D eigenvalue weighted by molar-refractivity contribution is 14.1. The summed E-state index contributed by atoms with van der Waals surface area (Å²) in [5, 5.41) is 7.62. The highest BCUT2D eigenvalue weighted by Crippen LogP contribution is 2.42. The van der Waals surface area contributed by atoms with Crippen molar-refractivity contribution in [3.05, 3.63) is 49.7 Å². The van der Waals surface area contributed by atoms with Crippen molar-refractivity contribution in [1.29, 1.82) is 0 Å². The standard InChI is InChI=1S/C17H14IN3O3S/c1-9-19-16(24-21-9)14-12-5-6-23-8-13(12)25-17(14)20-15(22)10-3-2-4-11(18)7-10/h2-4,7H,5-6,8H2,1H3,(H,20,22). The fourth-order valence-corrected chi connectivity index (χ4v) is 4.47. The summed E-state index contributed by atoms with van der Waals surface area (Å²) < 4.78 is 11.9. The molecule has 0 aliphatic carbocycles. The lowest BCUT2D eigenvalue weighted by Gasteiger charge is -2.12. The second-order valence-electron chi connectivity index (χ2n) is 5.62. The van der Waals surface area contributed by atoms with Gasteiger partial charge in [-0.25, -0.2) is 0 Å². The van der Waals surface area contributed by atoms with E-state index in [0.717, 1.165) is 31.0 Å². The van der Waals surface area contributed by atoms with E-state index in [1.807, 2.05) is 18.2 Å². The summed E-state index contributed by atoms with van der Waals surface area (Å²) in [6.45, 7) is 2.96. The van der Waals surface area contributed by atoms with Gasteiger partial charge in [0, 0.05) is 14.0 Å². The summed E-state index contributed by atoms with van der Waals surface area (Å²) in [5.41, 5.74) is 2.56. The highest BCUT2D eigenvalue weighted by Gasteiger charge is 2.26. The molecule has 1 amide bonds. The number of aryl methyl sites for hydroxylation is 1. The first kappa shape index (κ1) is 16.7. The van der Waals surface area contributed by atoms with Crippen LogP contribution in [0.5, 0.6) is 0 Å². The van der Waals surface area contributed by atoms with E-state index in [-0.39, 0.29) is 5.91 Å². The SMILES string of the molecule is Cc1noc(-c2c(NC(=O)c3cccc(I)c3)sc3c2CCOC3)n1. The fourth-order valence-electron chi connectivity index (χ4n) is 2.75. The number of halogens is 1. The monoisotopic (exact) mass is 467 g/mol. The topological polar surface area (TPSA) is 77.2 Å². The molecule has 1 aromatic carbocycles. The number of thiophene rings is 1. The third-order valence-electron chi connectivity index (χ3n) is 3.88. The molecule has 0 saturated heterocycles. The average Bonchev–Trinajstić information content (AvgIpc) is 3.17. The molecule has 25 heavy (non-hydrogen) atoms. The van der Waals surface area contributed by atoms with E-state index in [1.165, 1.54) is 11.3 Å². The molecule has 1 aliphatic heterocycles. The average molecular weight is 467 g/mol. The van der Waals surface area contributed by atoms with E-state index < -0.39 is 0 Å². The van der Waals surface area contributed by atoms with Crippen LogP contribution < -0.4 is 5.32 Å². The second-order valence-corrected chi connectivity index (χ2v) is 7.97. The predicted octanol–water partition coefficient (Wildman–Crippen LogP) is 4.04. The Morgan fingerprint density at radius 2 is 2.28 bits per heavy atom. The molecule has 0 radical (unpaired) electrons. The Labute approximate surface area is 161 Å². The molecule has 0 saturated carbocycles. The van der Waals surface area contributed by atoms with Crippen molar-refractivity contribution in [1.82, 2.24) is 10.1 Å². The van der Waals surface area contributed by atoms with Crippen LogP contribution in [0.4, 0.5) is 5.00 Å². The van der Waals surface area contributed by atoms with Crippen LogP contribution in [0.1, 0.15) is 26.6 Å². The molecule has 0 spiro atoms. The molecular formula is C17H14IN3O3S. The van der Waals surface area contributed by atoms with E-state index >= 15 is 0 Å². The van der Waals surface area contributed by atoms with Gasteiger partial charge in [-0.15, -0.1) is 11.3 Å². The molecule has 8 heteroatoms. The van der Waals surface area contributed by atoms with Gasteiger partial charge >= 0.3 is 0 Å². The number of carbonyl (C=O) groups is 1. The lowest BCUT2D eigenvalue weighted by molar-refractivity contribution is 0.102. The predicted molar refractivity (Wildman–Crippen MR) is 103 cm³/mol. The Balaban J connectivity index is 1.74. The quantitative estimate of drug-likeness (QED) is 0.589. The minimum Gasteiger partial charge on any atom is -0.376 e. The highest BCUT2D eigenvalue weighted by atomic mass is 127. The zero-order valence-corrected chi connectivity index (χ0v) is 16.3. The Morgan fingerprint density at radius 3 is 3.04 bits per heavy atom. The van der Waals surface area contributed by atoms with Crippen molar-refractivity contribution in [2.45, 2.75) is 20.0 Å². The third kappa shape index (κ3) is 3.33.